The van der Waals surface area contributed by atoms with Gasteiger partial charge in [0.1, 0.15) is 12.6 Å². The second kappa shape index (κ2) is 13.5. The molecule has 4 saturated carbocycles. The van der Waals surface area contributed by atoms with E-state index in [1.807, 2.05) is 69.3 Å². The van der Waals surface area contributed by atoms with Gasteiger partial charge in [0.05, 0.1) is 11.9 Å². The molecular weight excluding hydrogens is 642 g/mol. The summed E-state index contributed by atoms with van der Waals surface area (Å²) in [6, 6.07) is 23.7. The summed E-state index contributed by atoms with van der Waals surface area (Å²) in [4.78, 5) is 29.9. The van der Waals surface area contributed by atoms with E-state index in [0.717, 1.165) is 35.1 Å². The van der Waals surface area contributed by atoms with Gasteiger partial charge < -0.3 is 10.2 Å². The Bertz CT molecular complexity index is 1700. The number of amides is 2. The Kier molecular flexibility index (Phi) is 9.71. The summed E-state index contributed by atoms with van der Waals surface area (Å²) in [5.74, 6) is 1.60. The molecule has 7 nitrogen and oxygen atoms in total. The van der Waals surface area contributed by atoms with E-state index in [4.69, 9.17) is 11.6 Å². The van der Waals surface area contributed by atoms with E-state index in [1.165, 1.54) is 53.3 Å². The lowest BCUT2D eigenvalue weighted by Crippen LogP contribution is -2.56. The minimum atomic E-state index is -3.85. The molecule has 0 aromatic heterocycles. The molecule has 4 aliphatic rings. The van der Waals surface area contributed by atoms with Crippen LogP contribution in [0.3, 0.4) is 0 Å². The number of benzene rings is 3. The third-order valence-electron chi connectivity index (χ3n) is 10.5. The standard InChI is InChI=1S/C39H48ClN3O4S/c1-38(2,3)41-37(45)35(21-27-9-6-5-7-10-27)42(25-28-11-8-12-33(40)20-28)36(44)26-43(48(4,46)47)34-15-13-32(14-16-34)39-22-29-17-30(23-39)19-31(18-29)24-39/h5-16,20,29-31,35H,17-19,21-26H2,1-4H3,(H,41,45)/t29?,30?,31?,35-,39?/m0/s1. The molecule has 9 heteroatoms. The molecule has 1 N–H and O–H groups in total. The molecular formula is C39H48ClN3O4S. The predicted octanol–water partition coefficient (Wildman–Crippen LogP) is 7.13. The van der Waals surface area contributed by atoms with Crippen LogP contribution >= 0.6 is 11.6 Å². The molecule has 3 aromatic carbocycles. The minimum absolute atomic E-state index is 0.0804. The Morgan fingerprint density at radius 3 is 2.00 bits per heavy atom. The van der Waals surface area contributed by atoms with Crippen molar-refractivity contribution in [1.82, 2.24) is 10.2 Å². The fourth-order valence-corrected chi connectivity index (χ4v) is 9.96. The molecule has 0 spiro atoms. The Hall–Kier alpha value is -3.36. The second-order valence-corrected chi connectivity index (χ2v) is 18.0. The summed E-state index contributed by atoms with van der Waals surface area (Å²) in [7, 11) is -3.85. The molecule has 1 atom stereocenters. The van der Waals surface area contributed by atoms with E-state index < -0.39 is 34.1 Å². The molecule has 0 heterocycles. The molecule has 3 aromatic rings. The first-order chi connectivity index (χ1) is 22.7. The summed E-state index contributed by atoms with van der Waals surface area (Å²) in [5, 5.41) is 3.57. The highest BCUT2D eigenvalue weighted by molar-refractivity contribution is 7.92. The van der Waals surface area contributed by atoms with Gasteiger partial charge in [-0.1, -0.05) is 66.2 Å². The predicted molar refractivity (Wildman–Crippen MR) is 192 cm³/mol. The van der Waals surface area contributed by atoms with Gasteiger partial charge in [-0.25, -0.2) is 8.42 Å². The van der Waals surface area contributed by atoms with Crippen LogP contribution in [0.1, 0.15) is 76.0 Å². The average molecular weight is 690 g/mol. The van der Waals surface area contributed by atoms with Crippen LogP contribution in [0, 0.1) is 17.8 Å². The summed E-state index contributed by atoms with van der Waals surface area (Å²) >= 11 is 6.33. The first kappa shape index (κ1) is 34.5. The Morgan fingerprint density at radius 2 is 1.46 bits per heavy atom. The Balaban J connectivity index is 1.31. The highest BCUT2D eigenvalue weighted by Crippen LogP contribution is 2.60. The number of sulfonamides is 1. The van der Waals surface area contributed by atoms with Crippen molar-refractivity contribution < 1.29 is 18.0 Å². The Morgan fingerprint density at radius 1 is 0.875 bits per heavy atom. The quantitative estimate of drug-likeness (QED) is 0.232. The van der Waals surface area contributed by atoms with Crippen LogP contribution < -0.4 is 9.62 Å². The lowest BCUT2D eigenvalue weighted by Gasteiger charge is -2.57. The highest BCUT2D eigenvalue weighted by Gasteiger charge is 2.51. The number of halogens is 1. The molecule has 256 valence electrons. The van der Waals surface area contributed by atoms with Crippen molar-refractivity contribution in [2.24, 2.45) is 17.8 Å². The van der Waals surface area contributed by atoms with Crippen LogP contribution in [0.2, 0.25) is 5.02 Å². The van der Waals surface area contributed by atoms with E-state index >= 15 is 0 Å². The minimum Gasteiger partial charge on any atom is -0.350 e. The van der Waals surface area contributed by atoms with Gasteiger partial charge in [0.2, 0.25) is 21.8 Å². The molecule has 0 aliphatic heterocycles. The van der Waals surface area contributed by atoms with Gasteiger partial charge in [0.15, 0.2) is 0 Å². The number of carbonyl (C=O) groups excluding carboxylic acids is 2. The SMILES string of the molecule is CC(C)(C)NC(=O)[C@H](Cc1ccccc1)N(Cc1cccc(Cl)c1)C(=O)CN(c1ccc(C23CC4CC(CC(C4)C2)C3)cc1)S(C)(=O)=O. The molecule has 48 heavy (non-hydrogen) atoms. The zero-order valence-electron chi connectivity index (χ0n) is 28.5. The van der Waals surface area contributed by atoms with E-state index in [9.17, 15) is 18.0 Å². The van der Waals surface area contributed by atoms with Crippen LogP contribution in [0.4, 0.5) is 5.69 Å². The number of carbonyl (C=O) groups is 2. The van der Waals surface area contributed by atoms with Crippen molar-refractivity contribution in [3.05, 3.63) is 101 Å². The van der Waals surface area contributed by atoms with Gasteiger partial charge in [-0.2, -0.15) is 0 Å². The number of nitrogens with one attached hydrogen (secondary N) is 1. The third-order valence-corrected chi connectivity index (χ3v) is 11.9. The van der Waals surface area contributed by atoms with E-state index in [1.54, 1.807) is 18.2 Å². The van der Waals surface area contributed by atoms with Crippen molar-refractivity contribution in [1.29, 1.82) is 0 Å². The first-order valence-corrected chi connectivity index (χ1v) is 19.4. The van der Waals surface area contributed by atoms with Gasteiger partial charge in [-0.15, -0.1) is 0 Å². The topological polar surface area (TPSA) is 86.8 Å². The van der Waals surface area contributed by atoms with Crippen molar-refractivity contribution in [3.63, 3.8) is 0 Å². The van der Waals surface area contributed by atoms with Crippen LogP contribution in [0.25, 0.3) is 0 Å². The molecule has 0 saturated heterocycles. The molecule has 4 aliphatic carbocycles. The third kappa shape index (κ3) is 7.92. The summed E-state index contributed by atoms with van der Waals surface area (Å²) in [5.41, 5.74) is 2.99. The van der Waals surface area contributed by atoms with Crippen molar-refractivity contribution >= 4 is 39.1 Å². The molecule has 7 rings (SSSR count). The number of hydrogen-bond donors (Lipinski definition) is 1. The van der Waals surface area contributed by atoms with Crippen LogP contribution in [-0.4, -0.2) is 49.5 Å². The van der Waals surface area contributed by atoms with Gasteiger partial charge in [-0.3, -0.25) is 13.9 Å². The molecule has 0 unspecified atom stereocenters. The maximum Gasteiger partial charge on any atom is 0.244 e. The van der Waals surface area contributed by atoms with Crippen molar-refractivity contribution in [2.75, 3.05) is 17.1 Å². The average Bonchev–Trinajstić information content (AvgIpc) is 3.00. The maximum atomic E-state index is 14.5. The van der Waals surface area contributed by atoms with Crippen LogP contribution in [0.15, 0.2) is 78.9 Å². The Labute approximate surface area is 291 Å². The molecule has 4 fully saturated rings. The molecule has 2 amide bonds. The number of hydrogen-bond acceptors (Lipinski definition) is 4. The normalized spacial score (nSPS) is 23.8. The van der Waals surface area contributed by atoms with Crippen molar-refractivity contribution in [3.8, 4) is 0 Å². The van der Waals surface area contributed by atoms with E-state index in [2.05, 4.69) is 17.4 Å². The second-order valence-electron chi connectivity index (χ2n) is 15.6. The molecule has 4 bridgehead atoms. The van der Waals surface area contributed by atoms with Gasteiger partial charge in [-0.05, 0) is 123 Å². The lowest BCUT2D eigenvalue weighted by molar-refractivity contribution is -0.140. The van der Waals surface area contributed by atoms with Gasteiger partial charge >= 0.3 is 0 Å². The summed E-state index contributed by atoms with van der Waals surface area (Å²) in [6.07, 6.45) is 9.08. The zero-order chi connectivity index (χ0) is 34.3. The summed E-state index contributed by atoms with van der Waals surface area (Å²) < 4.78 is 27.9. The van der Waals surface area contributed by atoms with Gasteiger partial charge in [0.25, 0.3) is 0 Å². The lowest BCUT2D eigenvalue weighted by atomic mass is 9.48. The van der Waals surface area contributed by atoms with Crippen LogP contribution in [-0.2, 0) is 38.0 Å². The summed E-state index contributed by atoms with van der Waals surface area (Å²) in [6.45, 7) is 5.32. The van der Waals surface area contributed by atoms with E-state index in [-0.39, 0.29) is 24.3 Å². The van der Waals surface area contributed by atoms with Crippen molar-refractivity contribution in [2.45, 2.75) is 89.3 Å². The fraction of sp³-hybridized carbons (Fsp3) is 0.487. The zero-order valence-corrected chi connectivity index (χ0v) is 30.1. The molecule has 0 radical (unpaired) electrons. The smallest absolute Gasteiger partial charge is 0.244 e. The maximum absolute atomic E-state index is 14.5. The number of anilines is 1. The van der Waals surface area contributed by atoms with Crippen LogP contribution in [0.5, 0.6) is 0 Å². The fourth-order valence-electron chi connectivity index (χ4n) is 8.90. The van der Waals surface area contributed by atoms with E-state index in [0.29, 0.717) is 10.7 Å². The number of rotatable bonds is 11. The monoisotopic (exact) mass is 689 g/mol. The largest absolute Gasteiger partial charge is 0.350 e. The highest BCUT2D eigenvalue weighted by atomic mass is 35.5. The first-order valence-electron chi connectivity index (χ1n) is 17.2. The van der Waals surface area contributed by atoms with Gasteiger partial charge in [0, 0.05) is 23.5 Å². The number of nitrogens with zero attached hydrogens (tertiary/aromatic N) is 2.